The van der Waals surface area contributed by atoms with Crippen molar-refractivity contribution in [1.29, 1.82) is 0 Å². The first-order valence-corrected chi connectivity index (χ1v) is 12.2. The normalized spacial score (nSPS) is 16.2. The quantitative estimate of drug-likeness (QED) is 0.533. The van der Waals surface area contributed by atoms with Gasteiger partial charge in [0.1, 0.15) is 6.54 Å². The van der Waals surface area contributed by atoms with Crippen molar-refractivity contribution in [2.45, 2.75) is 46.3 Å². The molecule has 10 nitrogen and oxygen atoms in total. The Balaban J connectivity index is 1.41. The maximum absolute atomic E-state index is 13.4. The van der Waals surface area contributed by atoms with E-state index in [1.807, 2.05) is 4.68 Å². The number of benzene rings is 1. The molecule has 4 heterocycles. The summed E-state index contributed by atoms with van der Waals surface area (Å²) in [6.45, 7) is 7.85. The van der Waals surface area contributed by atoms with Crippen molar-refractivity contribution in [1.82, 2.24) is 24.1 Å². The Labute approximate surface area is 203 Å². The number of fused-ring (bicyclic) bond motifs is 2. The summed E-state index contributed by atoms with van der Waals surface area (Å²) in [5.74, 6) is -0.344. The highest BCUT2D eigenvalue weighted by Crippen LogP contribution is 2.25. The Morgan fingerprint density at radius 2 is 1.86 bits per heavy atom. The van der Waals surface area contributed by atoms with E-state index in [0.717, 1.165) is 24.2 Å². The van der Waals surface area contributed by atoms with Gasteiger partial charge in [-0.3, -0.25) is 18.8 Å². The van der Waals surface area contributed by atoms with E-state index < -0.39 is 5.76 Å². The van der Waals surface area contributed by atoms with Gasteiger partial charge in [-0.1, -0.05) is 26.0 Å². The van der Waals surface area contributed by atoms with Gasteiger partial charge in [-0.2, -0.15) is 5.10 Å². The van der Waals surface area contributed by atoms with E-state index in [2.05, 4.69) is 13.8 Å². The number of aromatic nitrogens is 3. The van der Waals surface area contributed by atoms with Crippen molar-refractivity contribution in [3.8, 4) is 0 Å². The fraction of sp³-hybridized carbons (Fsp3) is 0.520. The van der Waals surface area contributed by atoms with E-state index in [4.69, 9.17) is 14.3 Å². The summed E-state index contributed by atoms with van der Waals surface area (Å²) in [6, 6.07) is 7.06. The Morgan fingerprint density at radius 1 is 1.09 bits per heavy atom. The zero-order valence-corrected chi connectivity index (χ0v) is 20.2. The first-order chi connectivity index (χ1) is 16.9. The second-order valence-electron chi connectivity index (χ2n) is 9.57. The average Bonchev–Trinajstić information content (AvgIpc) is 3.39. The molecular formula is C25H31N5O5. The topological polar surface area (TPSA) is 103 Å². The molecule has 2 amide bonds. The van der Waals surface area contributed by atoms with Crippen LogP contribution in [0.15, 0.2) is 33.5 Å². The predicted molar refractivity (Wildman–Crippen MR) is 128 cm³/mol. The third-order valence-corrected chi connectivity index (χ3v) is 6.77. The lowest BCUT2D eigenvalue weighted by atomic mass is 10.0. The van der Waals surface area contributed by atoms with Gasteiger partial charge in [0, 0.05) is 50.4 Å². The number of nitrogens with zero attached hydrogens (tertiary/aromatic N) is 5. The van der Waals surface area contributed by atoms with Crippen molar-refractivity contribution in [3.63, 3.8) is 0 Å². The summed E-state index contributed by atoms with van der Waals surface area (Å²) in [4.78, 5) is 42.5. The van der Waals surface area contributed by atoms with Crippen molar-refractivity contribution in [2.24, 2.45) is 5.92 Å². The summed E-state index contributed by atoms with van der Waals surface area (Å²) in [6.07, 6.45) is 1.57. The number of hydrogen-bond acceptors (Lipinski definition) is 6. The lowest BCUT2D eigenvalue weighted by Gasteiger charge is -2.29. The molecule has 5 rings (SSSR count). The molecule has 0 aliphatic carbocycles. The number of amides is 2. The molecule has 0 N–H and O–H groups in total. The zero-order chi connectivity index (χ0) is 24.5. The van der Waals surface area contributed by atoms with Gasteiger partial charge in [-0.25, -0.2) is 4.79 Å². The lowest BCUT2D eigenvalue weighted by Crippen LogP contribution is -2.42. The van der Waals surface area contributed by atoms with Crippen LogP contribution in [0.3, 0.4) is 0 Å². The molecule has 1 fully saturated rings. The third kappa shape index (κ3) is 4.62. The maximum atomic E-state index is 13.4. The van der Waals surface area contributed by atoms with Crippen LogP contribution < -0.4 is 5.76 Å². The summed E-state index contributed by atoms with van der Waals surface area (Å²) >= 11 is 0. The van der Waals surface area contributed by atoms with E-state index >= 15 is 0 Å². The van der Waals surface area contributed by atoms with E-state index in [0.29, 0.717) is 68.5 Å². The fourth-order valence-corrected chi connectivity index (χ4v) is 4.76. The molecule has 3 aromatic rings. The molecule has 2 aliphatic heterocycles. The number of ether oxygens (including phenoxy) is 1. The smallest absolute Gasteiger partial charge is 0.408 e. The highest BCUT2D eigenvalue weighted by molar-refractivity contribution is 5.94. The number of oxazole rings is 1. The van der Waals surface area contributed by atoms with Gasteiger partial charge in [0.05, 0.1) is 18.7 Å². The number of carbonyl (C=O) groups excluding carboxylic acids is 2. The van der Waals surface area contributed by atoms with Crippen LogP contribution in [0, 0.1) is 5.92 Å². The van der Waals surface area contributed by atoms with Crippen LogP contribution in [0.2, 0.25) is 0 Å². The molecule has 0 unspecified atom stereocenters. The van der Waals surface area contributed by atoms with Crippen molar-refractivity contribution in [2.75, 3.05) is 32.8 Å². The summed E-state index contributed by atoms with van der Waals surface area (Å²) in [5.41, 5.74) is 3.31. The zero-order valence-electron chi connectivity index (χ0n) is 20.2. The van der Waals surface area contributed by atoms with Crippen LogP contribution in [0.1, 0.15) is 42.0 Å². The molecule has 1 aromatic carbocycles. The third-order valence-electron chi connectivity index (χ3n) is 6.77. The lowest BCUT2D eigenvalue weighted by molar-refractivity contribution is -0.132. The minimum Gasteiger partial charge on any atom is -0.408 e. The van der Waals surface area contributed by atoms with Crippen LogP contribution in [0.4, 0.5) is 0 Å². The molecule has 0 spiro atoms. The van der Waals surface area contributed by atoms with E-state index in [9.17, 15) is 14.4 Å². The van der Waals surface area contributed by atoms with Crippen molar-refractivity contribution in [3.05, 3.63) is 51.8 Å². The molecule has 10 heteroatoms. The first-order valence-electron chi connectivity index (χ1n) is 12.2. The second-order valence-corrected chi connectivity index (χ2v) is 9.57. The molecule has 2 aliphatic rings. The van der Waals surface area contributed by atoms with Crippen LogP contribution in [-0.4, -0.2) is 68.8 Å². The minimum atomic E-state index is -0.554. The van der Waals surface area contributed by atoms with E-state index in [-0.39, 0.29) is 18.4 Å². The molecule has 0 atom stereocenters. The summed E-state index contributed by atoms with van der Waals surface area (Å²) in [5, 5.41) is 4.74. The van der Waals surface area contributed by atoms with Crippen LogP contribution in [0.25, 0.3) is 11.1 Å². The minimum absolute atomic E-state index is 0.112. The second kappa shape index (κ2) is 9.69. The van der Waals surface area contributed by atoms with Crippen molar-refractivity contribution < 1.29 is 18.7 Å². The van der Waals surface area contributed by atoms with Gasteiger partial charge < -0.3 is 19.0 Å². The Hall–Kier alpha value is -3.40. The van der Waals surface area contributed by atoms with Gasteiger partial charge in [0.25, 0.3) is 5.91 Å². The first kappa shape index (κ1) is 23.3. The molecule has 1 saturated heterocycles. The van der Waals surface area contributed by atoms with E-state index in [1.165, 1.54) is 4.57 Å². The van der Waals surface area contributed by atoms with Crippen LogP contribution >= 0.6 is 0 Å². The van der Waals surface area contributed by atoms with Gasteiger partial charge in [-0.05, 0) is 24.5 Å². The highest BCUT2D eigenvalue weighted by Gasteiger charge is 2.32. The largest absolute Gasteiger partial charge is 0.420 e. The molecular weight excluding hydrogens is 450 g/mol. The maximum Gasteiger partial charge on any atom is 0.420 e. The predicted octanol–water partition coefficient (Wildman–Crippen LogP) is 1.89. The summed E-state index contributed by atoms with van der Waals surface area (Å²) in [7, 11) is 0. The summed E-state index contributed by atoms with van der Waals surface area (Å²) < 4.78 is 14.0. The average molecular weight is 482 g/mol. The highest BCUT2D eigenvalue weighted by atomic mass is 16.5. The van der Waals surface area contributed by atoms with E-state index in [1.54, 1.807) is 34.1 Å². The number of morpholine rings is 1. The Bertz CT molecular complexity index is 1300. The SMILES string of the molecule is CC(C)CCn1nc(C(=O)N2CCOCC2)c2c1CCN(C(=O)Cn1c(=O)oc3ccccc31)C2. The standard InChI is InChI=1S/C25H31N5O5/c1-17(2)7-10-30-19-8-9-28(15-18(19)23(26-30)24(32)27-11-13-34-14-12-27)22(31)16-29-20-5-3-4-6-21(20)35-25(29)33/h3-6,17H,7-16H2,1-2H3. The number of para-hydroxylation sites is 2. The van der Waals surface area contributed by atoms with Gasteiger partial charge in [-0.15, -0.1) is 0 Å². The Kier molecular flexibility index (Phi) is 6.46. The number of hydrogen-bond donors (Lipinski definition) is 0. The van der Waals surface area contributed by atoms with Crippen LogP contribution in [0.5, 0.6) is 0 Å². The number of aryl methyl sites for hydroxylation is 1. The molecule has 186 valence electrons. The monoisotopic (exact) mass is 481 g/mol. The van der Waals surface area contributed by atoms with Gasteiger partial charge in [0.15, 0.2) is 11.3 Å². The molecule has 0 bridgehead atoms. The number of carbonyl (C=O) groups is 2. The molecule has 2 aromatic heterocycles. The Morgan fingerprint density at radius 3 is 2.63 bits per heavy atom. The molecule has 35 heavy (non-hydrogen) atoms. The van der Waals surface area contributed by atoms with Crippen molar-refractivity contribution >= 4 is 22.9 Å². The molecule has 0 radical (unpaired) electrons. The van der Waals surface area contributed by atoms with Crippen LogP contribution in [-0.2, 0) is 35.6 Å². The number of rotatable bonds is 6. The molecule has 0 saturated carbocycles. The van der Waals surface area contributed by atoms with Gasteiger partial charge >= 0.3 is 5.76 Å². The van der Waals surface area contributed by atoms with Gasteiger partial charge in [0.2, 0.25) is 5.91 Å². The fourth-order valence-electron chi connectivity index (χ4n) is 4.76.